The molecule has 2 heterocycles. The molecule has 1 aliphatic carbocycles. The van der Waals surface area contributed by atoms with Crippen LogP contribution >= 0.6 is 0 Å². The number of aromatic nitrogens is 2. The number of nitrogens with zero attached hydrogens (tertiary/aromatic N) is 3. The molecular formula is C23H30N4O3. The highest BCUT2D eigenvalue weighted by Crippen LogP contribution is 2.39. The lowest BCUT2D eigenvalue weighted by Gasteiger charge is -2.37. The van der Waals surface area contributed by atoms with Gasteiger partial charge in [-0.1, -0.05) is 30.3 Å². The fourth-order valence-corrected chi connectivity index (χ4v) is 4.81. The van der Waals surface area contributed by atoms with Crippen molar-refractivity contribution in [1.82, 2.24) is 20.2 Å². The second kappa shape index (κ2) is 9.64. The molecule has 2 N–H and O–H groups in total. The Morgan fingerprint density at radius 1 is 1.17 bits per heavy atom. The smallest absolute Gasteiger partial charge is 0.271 e. The van der Waals surface area contributed by atoms with Crippen molar-refractivity contribution in [3.8, 4) is 0 Å². The van der Waals surface area contributed by atoms with Gasteiger partial charge in [0.05, 0.1) is 25.5 Å². The first-order valence-corrected chi connectivity index (χ1v) is 10.8. The molecule has 160 valence electrons. The first-order chi connectivity index (χ1) is 14.7. The van der Waals surface area contributed by atoms with E-state index in [-0.39, 0.29) is 23.5 Å². The number of nitrogens with one attached hydrogen (secondary N) is 1. The summed E-state index contributed by atoms with van der Waals surface area (Å²) in [6.45, 7) is 3.68. The van der Waals surface area contributed by atoms with Gasteiger partial charge in [-0.05, 0) is 31.2 Å². The van der Waals surface area contributed by atoms with Gasteiger partial charge in [0.2, 0.25) is 0 Å². The average molecular weight is 411 g/mol. The number of aliphatic hydroxyl groups excluding tert-OH is 1. The van der Waals surface area contributed by atoms with Crippen molar-refractivity contribution in [3.63, 3.8) is 0 Å². The molecule has 1 aromatic carbocycles. The Bertz CT molecular complexity index is 814. The van der Waals surface area contributed by atoms with Crippen LogP contribution in [0, 0.1) is 0 Å². The third-order valence-electron chi connectivity index (χ3n) is 6.57. The number of ether oxygens (including phenoxy) is 1. The predicted molar refractivity (Wildman–Crippen MR) is 113 cm³/mol. The summed E-state index contributed by atoms with van der Waals surface area (Å²) in [7, 11) is 0. The predicted octanol–water partition coefficient (Wildman–Crippen LogP) is 1.78. The van der Waals surface area contributed by atoms with Crippen LogP contribution in [-0.4, -0.2) is 70.9 Å². The molecule has 7 heteroatoms. The van der Waals surface area contributed by atoms with Crippen molar-refractivity contribution in [2.45, 2.75) is 43.2 Å². The van der Waals surface area contributed by atoms with Crippen LogP contribution in [0.1, 0.15) is 41.7 Å². The van der Waals surface area contributed by atoms with Gasteiger partial charge in [0, 0.05) is 43.5 Å². The zero-order chi connectivity index (χ0) is 20.8. The zero-order valence-corrected chi connectivity index (χ0v) is 17.2. The minimum absolute atomic E-state index is 0.134. The number of carbonyl (C=O) groups excluding carboxylic acids is 1. The Morgan fingerprint density at radius 3 is 2.67 bits per heavy atom. The third kappa shape index (κ3) is 4.69. The molecule has 2 fully saturated rings. The molecule has 1 saturated carbocycles. The highest BCUT2D eigenvalue weighted by Gasteiger charge is 2.40. The highest BCUT2D eigenvalue weighted by atomic mass is 16.5. The van der Waals surface area contributed by atoms with Crippen molar-refractivity contribution in [1.29, 1.82) is 0 Å². The molecule has 30 heavy (non-hydrogen) atoms. The number of carbonyl (C=O) groups is 1. The summed E-state index contributed by atoms with van der Waals surface area (Å²) >= 11 is 0. The second-order valence-electron chi connectivity index (χ2n) is 8.28. The maximum atomic E-state index is 12.6. The quantitative estimate of drug-likeness (QED) is 0.731. The van der Waals surface area contributed by atoms with Crippen molar-refractivity contribution in [2.24, 2.45) is 0 Å². The van der Waals surface area contributed by atoms with E-state index in [1.54, 1.807) is 6.20 Å². The van der Waals surface area contributed by atoms with Gasteiger partial charge in [0.15, 0.2) is 0 Å². The van der Waals surface area contributed by atoms with E-state index in [4.69, 9.17) is 4.74 Å². The van der Waals surface area contributed by atoms with E-state index in [0.717, 1.165) is 45.6 Å². The minimum Gasteiger partial charge on any atom is -0.391 e. The fourth-order valence-electron chi connectivity index (χ4n) is 4.81. The summed E-state index contributed by atoms with van der Waals surface area (Å²) in [6, 6.07) is 10.5. The molecule has 0 bridgehead atoms. The van der Waals surface area contributed by atoms with Crippen LogP contribution in [-0.2, 0) is 10.2 Å². The maximum absolute atomic E-state index is 12.6. The van der Waals surface area contributed by atoms with Crippen molar-refractivity contribution in [2.75, 3.05) is 32.8 Å². The molecular weight excluding hydrogens is 380 g/mol. The Morgan fingerprint density at radius 2 is 1.93 bits per heavy atom. The zero-order valence-electron chi connectivity index (χ0n) is 17.2. The molecule has 1 amide bonds. The Labute approximate surface area is 177 Å². The summed E-state index contributed by atoms with van der Waals surface area (Å²) in [5.74, 6) is -0.215. The normalized spacial score (nSPS) is 27.9. The lowest BCUT2D eigenvalue weighted by Crippen LogP contribution is -2.48. The standard InChI is InChI=1S/C23H30N4O3/c28-21-7-9-23(18-4-2-1-3-5-18,8-6-20(21)27-12-14-30-15-13-27)17-26-22(29)19-16-24-10-11-25-19/h1-5,10-11,16,20-21,28H,6-9,12-15,17H2,(H,26,29)/t20-,21-,23-/m1/s1. The molecule has 0 spiro atoms. The number of rotatable bonds is 5. The number of benzene rings is 1. The summed E-state index contributed by atoms with van der Waals surface area (Å²) < 4.78 is 5.49. The van der Waals surface area contributed by atoms with E-state index in [1.807, 2.05) is 18.2 Å². The average Bonchev–Trinajstić information content (AvgIpc) is 2.99. The summed E-state index contributed by atoms with van der Waals surface area (Å²) in [6.07, 6.45) is 7.50. The summed E-state index contributed by atoms with van der Waals surface area (Å²) in [5, 5.41) is 14.0. The number of morpholine rings is 1. The van der Waals surface area contributed by atoms with Gasteiger partial charge >= 0.3 is 0 Å². The summed E-state index contributed by atoms with van der Waals surface area (Å²) in [5.41, 5.74) is 1.31. The van der Waals surface area contributed by atoms with E-state index >= 15 is 0 Å². The van der Waals surface area contributed by atoms with Gasteiger partial charge in [0.25, 0.3) is 5.91 Å². The van der Waals surface area contributed by atoms with E-state index in [9.17, 15) is 9.90 Å². The van der Waals surface area contributed by atoms with Crippen LogP contribution in [0.3, 0.4) is 0 Å². The van der Waals surface area contributed by atoms with Gasteiger partial charge in [-0.15, -0.1) is 0 Å². The second-order valence-corrected chi connectivity index (χ2v) is 8.28. The van der Waals surface area contributed by atoms with Crippen LogP contribution < -0.4 is 5.32 Å². The molecule has 1 saturated heterocycles. The number of hydrogen-bond donors (Lipinski definition) is 2. The topological polar surface area (TPSA) is 87.6 Å². The largest absolute Gasteiger partial charge is 0.391 e. The number of hydrogen-bond acceptors (Lipinski definition) is 6. The van der Waals surface area contributed by atoms with Gasteiger partial charge in [-0.3, -0.25) is 14.7 Å². The maximum Gasteiger partial charge on any atom is 0.271 e. The molecule has 3 atom stereocenters. The molecule has 1 aromatic heterocycles. The molecule has 7 nitrogen and oxygen atoms in total. The molecule has 4 rings (SSSR count). The SMILES string of the molecule is O=C(NC[C@]1(c2ccccc2)CC[C@@H](O)[C@H](N2CCOCC2)CC1)c1cnccn1. The highest BCUT2D eigenvalue weighted by molar-refractivity contribution is 5.91. The van der Waals surface area contributed by atoms with Crippen molar-refractivity contribution >= 4 is 5.91 Å². The van der Waals surface area contributed by atoms with Crippen LogP contribution in [0.5, 0.6) is 0 Å². The minimum atomic E-state index is -0.371. The van der Waals surface area contributed by atoms with E-state index in [2.05, 4.69) is 32.3 Å². The lowest BCUT2D eigenvalue weighted by molar-refractivity contribution is -0.0236. The van der Waals surface area contributed by atoms with E-state index < -0.39 is 0 Å². The van der Waals surface area contributed by atoms with Gasteiger partial charge in [-0.2, -0.15) is 0 Å². The molecule has 0 unspecified atom stereocenters. The van der Waals surface area contributed by atoms with Gasteiger partial charge < -0.3 is 15.2 Å². The van der Waals surface area contributed by atoms with Crippen molar-refractivity contribution in [3.05, 3.63) is 60.2 Å². The first-order valence-electron chi connectivity index (χ1n) is 10.8. The van der Waals surface area contributed by atoms with Crippen LogP contribution in [0.2, 0.25) is 0 Å². The fraction of sp³-hybridized carbons (Fsp3) is 0.522. The van der Waals surface area contributed by atoms with Crippen LogP contribution in [0.15, 0.2) is 48.9 Å². The van der Waals surface area contributed by atoms with Gasteiger partial charge in [-0.25, -0.2) is 4.98 Å². The Kier molecular flexibility index (Phi) is 6.72. The Balaban J connectivity index is 1.53. The molecule has 2 aromatic rings. The molecule has 1 aliphatic heterocycles. The number of aliphatic hydroxyl groups is 1. The molecule has 0 radical (unpaired) electrons. The Hall–Kier alpha value is -2.35. The lowest BCUT2D eigenvalue weighted by atomic mass is 9.74. The van der Waals surface area contributed by atoms with Crippen molar-refractivity contribution < 1.29 is 14.6 Å². The number of amides is 1. The van der Waals surface area contributed by atoms with Crippen LogP contribution in [0.25, 0.3) is 0 Å². The van der Waals surface area contributed by atoms with Gasteiger partial charge in [0.1, 0.15) is 5.69 Å². The first kappa shape index (κ1) is 20.9. The van der Waals surface area contributed by atoms with Crippen LogP contribution in [0.4, 0.5) is 0 Å². The van der Waals surface area contributed by atoms with E-state index in [0.29, 0.717) is 18.7 Å². The third-order valence-corrected chi connectivity index (χ3v) is 6.57. The van der Waals surface area contributed by atoms with E-state index in [1.165, 1.54) is 18.0 Å². The molecule has 2 aliphatic rings. The monoisotopic (exact) mass is 410 g/mol. The summed E-state index contributed by atoms with van der Waals surface area (Å²) in [4.78, 5) is 23.1.